The van der Waals surface area contributed by atoms with Crippen LogP contribution in [-0.4, -0.2) is 43.3 Å². The standard InChI is InChI=1S/C24H26N6OS/c1-5-30-23(20-15-28(3)27-22(20)18-13-11-17(2)12-14-18)25-26-24(30)32-16-21(31)29(4)19-9-7-6-8-10-19/h6-15H,5,16H2,1-4H3. The number of thioether (sulfide) groups is 1. The van der Waals surface area contributed by atoms with E-state index in [1.54, 1.807) is 16.6 Å². The zero-order valence-corrected chi connectivity index (χ0v) is 19.5. The van der Waals surface area contributed by atoms with Crippen molar-refractivity contribution >= 4 is 23.4 Å². The molecule has 7 nitrogen and oxygen atoms in total. The molecular formula is C24H26N6OS. The number of benzene rings is 2. The quantitative estimate of drug-likeness (QED) is 0.393. The molecule has 2 aromatic heterocycles. The number of hydrogen-bond acceptors (Lipinski definition) is 5. The minimum Gasteiger partial charge on any atom is -0.315 e. The highest BCUT2D eigenvalue weighted by atomic mass is 32.2. The van der Waals surface area contributed by atoms with Gasteiger partial charge in [0.05, 0.1) is 11.3 Å². The van der Waals surface area contributed by atoms with E-state index in [2.05, 4.69) is 53.4 Å². The Morgan fingerprint density at radius 2 is 1.78 bits per heavy atom. The molecule has 0 spiro atoms. The van der Waals surface area contributed by atoms with Gasteiger partial charge in [0.2, 0.25) is 5.91 Å². The second kappa shape index (κ2) is 9.40. The topological polar surface area (TPSA) is 68.8 Å². The van der Waals surface area contributed by atoms with Crippen LogP contribution in [0.25, 0.3) is 22.6 Å². The highest BCUT2D eigenvalue weighted by Crippen LogP contribution is 2.32. The van der Waals surface area contributed by atoms with Crippen molar-refractivity contribution in [2.75, 3.05) is 17.7 Å². The molecule has 4 rings (SSSR count). The van der Waals surface area contributed by atoms with Crippen LogP contribution >= 0.6 is 11.8 Å². The first-order chi connectivity index (χ1) is 15.5. The molecule has 32 heavy (non-hydrogen) atoms. The Labute approximate surface area is 192 Å². The molecule has 0 aliphatic carbocycles. The van der Waals surface area contributed by atoms with Crippen LogP contribution < -0.4 is 4.90 Å². The molecule has 8 heteroatoms. The van der Waals surface area contributed by atoms with Crippen LogP contribution in [-0.2, 0) is 18.4 Å². The number of rotatable bonds is 7. The summed E-state index contributed by atoms with van der Waals surface area (Å²) in [5, 5.41) is 14.3. The van der Waals surface area contributed by atoms with E-state index in [1.165, 1.54) is 17.3 Å². The number of carbonyl (C=O) groups excluding carboxylic acids is 1. The zero-order chi connectivity index (χ0) is 22.7. The second-order valence-corrected chi connectivity index (χ2v) is 8.50. The van der Waals surface area contributed by atoms with Gasteiger partial charge >= 0.3 is 0 Å². The van der Waals surface area contributed by atoms with Gasteiger partial charge in [-0.2, -0.15) is 5.10 Å². The summed E-state index contributed by atoms with van der Waals surface area (Å²) in [5.41, 5.74) is 4.89. The van der Waals surface area contributed by atoms with Crippen LogP contribution in [0.15, 0.2) is 66.0 Å². The van der Waals surface area contributed by atoms with Gasteiger partial charge in [0.1, 0.15) is 5.69 Å². The minimum absolute atomic E-state index is 0.00938. The van der Waals surface area contributed by atoms with E-state index in [0.29, 0.717) is 6.54 Å². The molecule has 0 saturated carbocycles. The number of aryl methyl sites for hydroxylation is 2. The van der Waals surface area contributed by atoms with Crippen LogP contribution in [0.5, 0.6) is 0 Å². The van der Waals surface area contributed by atoms with Gasteiger partial charge in [-0.05, 0) is 26.0 Å². The Kier molecular flexibility index (Phi) is 6.41. The van der Waals surface area contributed by atoms with Crippen molar-refractivity contribution in [3.8, 4) is 22.6 Å². The number of hydrogen-bond donors (Lipinski definition) is 0. The molecule has 0 radical (unpaired) electrons. The fourth-order valence-corrected chi connectivity index (χ4v) is 4.39. The van der Waals surface area contributed by atoms with Crippen LogP contribution in [0.2, 0.25) is 0 Å². The van der Waals surface area contributed by atoms with Gasteiger partial charge < -0.3 is 9.47 Å². The second-order valence-electron chi connectivity index (χ2n) is 7.56. The van der Waals surface area contributed by atoms with Gasteiger partial charge in [0.25, 0.3) is 0 Å². The summed E-state index contributed by atoms with van der Waals surface area (Å²) >= 11 is 1.40. The number of anilines is 1. The van der Waals surface area contributed by atoms with Crippen molar-refractivity contribution in [3.63, 3.8) is 0 Å². The lowest BCUT2D eigenvalue weighted by Gasteiger charge is -2.16. The Balaban J connectivity index is 1.58. The predicted octanol–water partition coefficient (Wildman–Crippen LogP) is 4.43. The van der Waals surface area contributed by atoms with E-state index in [0.717, 1.165) is 33.5 Å². The third-order valence-corrected chi connectivity index (χ3v) is 6.22. The molecule has 0 unspecified atom stereocenters. The zero-order valence-electron chi connectivity index (χ0n) is 18.7. The fraction of sp³-hybridized carbons (Fsp3) is 0.250. The Bertz CT molecular complexity index is 1210. The molecule has 164 valence electrons. The summed E-state index contributed by atoms with van der Waals surface area (Å²) in [4.78, 5) is 14.4. The van der Waals surface area contributed by atoms with E-state index in [9.17, 15) is 4.79 Å². The highest BCUT2D eigenvalue weighted by molar-refractivity contribution is 7.99. The third kappa shape index (κ3) is 4.45. The summed E-state index contributed by atoms with van der Waals surface area (Å²) < 4.78 is 3.83. The molecule has 0 atom stereocenters. The molecule has 0 bridgehead atoms. The Morgan fingerprint density at radius 1 is 1.06 bits per heavy atom. The summed E-state index contributed by atoms with van der Waals surface area (Å²) in [6, 6.07) is 17.9. The number of carbonyl (C=O) groups is 1. The number of amides is 1. The highest BCUT2D eigenvalue weighted by Gasteiger charge is 2.21. The lowest BCUT2D eigenvalue weighted by Crippen LogP contribution is -2.27. The summed E-state index contributed by atoms with van der Waals surface area (Å²) in [5.74, 6) is 1.04. The maximum absolute atomic E-state index is 12.7. The molecule has 0 saturated heterocycles. The third-order valence-electron chi connectivity index (χ3n) is 5.27. The number of nitrogens with zero attached hydrogens (tertiary/aromatic N) is 6. The maximum Gasteiger partial charge on any atom is 0.237 e. The molecule has 0 aliphatic heterocycles. The predicted molar refractivity (Wildman–Crippen MR) is 129 cm³/mol. The molecule has 2 aromatic carbocycles. The van der Waals surface area contributed by atoms with Gasteiger partial charge in [-0.1, -0.05) is 59.8 Å². The summed E-state index contributed by atoms with van der Waals surface area (Å²) in [7, 11) is 3.69. The molecule has 4 aromatic rings. The van der Waals surface area contributed by atoms with Crippen LogP contribution in [0, 0.1) is 6.92 Å². The average molecular weight is 447 g/mol. The van der Waals surface area contributed by atoms with Gasteiger partial charge in [0.15, 0.2) is 11.0 Å². The van der Waals surface area contributed by atoms with Crippen molar-refractivity contribution in [1.29, 1.82) is 0 Å². The first-order valence-corrected chi connectivity index (χ1v) is 11.4. The molecule has 1 amide bonds. The van der Waals surface area contributed by atoms with Crippen molar-refractivity contribution < 1.29 is 4.79 Å². The van der Waals surface area contributed by atoms with E-state index in [-0.39, 0.29) is 11.7 Å². The van der Waals surface area contributed by atoms with Crippen LogP contribution in [0.3, 0.4) is 0 Å². The summed E-state index contributed by atoms with van der Waals surface area (Å²) in [6.07, 6.45) is 1.97. The fourth-order valence-electron chi connectivity index (χ4n) is 3.48. The SMILES string of the molecule is CCn1c(SCC(=O)N(C)c2ccccc2)nnc1-c1cn(C)nc1-c1ccc(C)cc1. The Morgan fingerprint density at radius 3 is 2.47 bits per heavy atom. The smallest absolute Gasteiger partial charge is 0.237 e. The van der Waals surface area contributed by atoms with Crippen molar-refractivity contribution in [2.24, 2.45) is 7.05 Å². The monoisotopic (exact) mass is 446 g/mol. The molecule has 0 aliphatic rings. The number of aromatic nitrogens is 5. The average Bonchev–Trinajstić information content (AvgIpc) is 3.40. The van der Waals surface area contributed by atoms with Crippen molar-refractivity contribution in [1.82, 2.24) is 24.5 Å². The van der Waals surface area contributed by atoms with Gasteiger partial charge in [-0.3, -0.25) is 9.48 Å². The number of para-hydroxylation sites is 1. The molecule has 0 N–H and O–H groups in total. The van der Waals surface area contributed by atoms with Gasteiger partial charge in [0, 0.05) is 38.1 Å². The first kappa shape index (κ1) is 21.8. The lowest BCUT2D eigenvalue weighted by molar-refractivity contribution is -0.115. The summed E-state index contributed by atoms with van der Waals surface area (Å²) in [6.45, 7) is 4.81. The van der Waals surface area contributed by atoms with Gasteiger partial charge in [-0.15, -0.1) is 10.2 Å². The lowest BCUT2D eigenvalue weighted by atomic mass is 10.1. The molecule has 2 heterocycles. The van der Waals surface area contributed by atoms with E-state index >= 15 is 0 Å². The van der Waals surface area contributed by atoms with E-state index in [4.69, 9.17) is 0 Å². The van der Waals surface area contributed by atoms with Crippen LogP contribution in [0.1, 0.15) is 12.5 Å². The van der Waals surface area contributed by atoms with E-state index in [1.807, 2.05) is 48.1 Å². The van der Waals surface area contributed by atoms with Crippen LogP contribution in [0.4, 0.5) is 5.69 Å². The van der Waals surface area contributed by atoms with E-state index < -0.39 is 0 Å². The largest absolute Gasteiger partial charge is 0.315 e. The van der Waals surface area contributed by atoms with Crippen molar-refractivity contribution in [3.05, 3.63) is 66.4 Å². The minimum atomic E-state index is 0.00938. The van der Waals surface area contributed by atoms with Crippen molar-refractivity contribution in [2.45, 2.75) is 25.5 Å². The maximum atomic E-state index is 12.7. The Hall–Kier alpha value is -3.39. The van der Waals surface area contributed by atoms with Gasteiger partial charge in [-0.25, -0.2) is 0 Å². The normalized spacial score (nSPS) is 11.0. The first-order valence-electron chi connectivity index (χ1n) is 10.5. The molecule has 0 fully saturated rings. The molecular weight excluding hydrogens is 420 g/mol.